The van der Waals surface area contributed by atoms with Crippen LogP contribution in [0.1, 0.15) is 25.5 Å². The molecule has 184 valence electrons. The molecule has 1 amide bonds. The largest absolute Gasteiger partial charge is 0.497 e. The predicted molar refractivity (Wildman–Crippen MR) is 128 cm³/mol. The van der Waals surface area contributed by atoms with E-state index < -0.39 is 6.10 Å². The van der Waals surface area contributed by atoms with Gasteiger partial charge in [-0.05, 0) is 43.7 Å². The minimum absolute atomic E-state index is 0.0454. The molecule has 0 radical (unpaired) electrons. The van der Waals surface area contributed by atoms with E-state index in [-0.39, 0.29) is 17.5 Å². The summed E-state index contributed by atoms with van der Waals surface area (Å²) in [6, 6.07) is 12.7. The quantitative estimate of drug-likeness (QED) is 0.522. The normalized spacial score (nSPS) is 21.1. The van der Waals surface area contributed by atoms with Crippen molar-refractivity contribution < 1.29 is 28.5 Å². The van der Waals surface area contributed by atoms with Crippen molar-refractivity contribution in [3.63, 3.8) is 0 Å². The van der Waals surface area contributed by atoms with Gasteiger partial charge in [0.1, 0.15) is 29.0 Å². The van der Waals surface area contributed by atoms with Crippen LogP contribution < -0.4 is 18.9 Å². The van der Waals surface area contributed by atoms with Crippen LogP contribution in [0, 0.1) is 0 Å². The van der Waals surface area contributed by atoms with Crippen LogP contribution in [0.5, 0.6) is 23.0 Å². The van der Waals surface area contributed by atoms with Gasteiger partial charge >= 0.3 is 0 Å². The van der Waals surface area contributed by atoms with Crippen molar-refractivity contribution in [2.45, 2.75) is 31.5 Å². The van der Waals surface area contributed by atoms with E-state index >= 15 is 0 Å². The molecule has 2 atom stereocenters. The van der Waals surface area contributed by atoms with Crippen LogP contribution >= 0.6 is 0 Å². The second kappa shape index (κ2) is 10.1. The molecule has 2 aliphatic heterocycles. The monoisotopic (exact) mass is 470 g/mol. The first-order valence-corrected chi connectivity index (χ1v) is 11.5. The van der Waals surface area contributed by atoms with Crippen LogP contribution in [0.3, 0.4) is 0 Å². The molecular formula is C26H34N2O6. The van der Waals surface area contributed by atoms with Crippen LogP contribution in [0.4, 0.5) is 0 Å². The summed E-state index contributed by atoms with van der Waals surface area (Å²) in [6.45, 7) is 8.00. The number of ether oxygens (including phenoxy) is 5. The number of hydrogen-bond donors (Lipinski definition) is 0. The van der Waals surface area contributed by atoms with Crippen LogP contribution in [0.2, 0.25) is 0 Å². The van der Waals surface area contributed by atoms with Gasteiger partial charge < -0.3 is 28.6 Å². The summed E-state index contributed by atoms with van der Waals surface area (Å²) >= 11 is 0. The molecule has 2 aromatic carbocycles. The summed E-state index contributed by atoms with van der Waals surface area (Å²) in [6.07, 6.45) is -0.663. The van der Waals surface area contributed by atoms with Gasteiger partial charge in [-0.25, -0.2) is 0 Å². The number of amides is 1. The fourth-order valence-electron chi connectivity index (χ4n) is 4.67. The third kappa shape index (κ3) is 4.93. The number of rotatable bonds is 9. The number of methoxy groups -OCH3 is 3. The number of carbonyl (C=O) groups is 1. The summed E-state index contributed by atoms with van der Waals surface area (Å²) in [5.41, 5.74) is 0.683. The van der Waals surface area contributed by atoms with E-state index in [1.807, 2.05) is 41.3 Å². The molecule has 2 fully saturated rings. The van der Waals surface area contributed by atoms with Crippen molar-refractivity contribution in [1.82, 2.24) is 9.80 Å². The molecule has 0 aromatic heterocycles. The summed E-state index contributed by atoms with van der Waals surface area (Å²) in [7, 11) is 4.84. The molecule has 4 rings (SSSR count). The van der Waals surface area contributed by atoms with Crippen LogP contribution in [0.25, 0.3) is 0 Å². The highest BCUT2D eigenvalue weighted by molar-refractivity contribution is 5.89. The van der Waals surface area contributed by atoms with Crippen molar-refractivity contribution in [3.8, 4) is 23.0 Å². The first-order chi connectivity index (χ1) is 16.4. The summed E-state index contributed by atoms with van der Waals surface area (Å²) in [4.78, 5) is 17.7. The van der Waals surface area contributed by atoms with Crippen molar-refractivity contribution in [1.29, 1.82) is 0 Å². The van der Waals surface area contributed by atoms with E-state index in [0.29, 0.717) is 42.8 Å². The molecular weight excluding hydrogens is 436 g/mol. The van der Waals surface area contributed by atoms with Crippen molar-refractivity contribution >= 4 is 5.91 Å². The zero-order chi connectivity index (χ0) is 24.3. The number of β-lactam (4-membered cyclic amide) rings is 1. The van der Waals surface area contributed by atoms with Crippen LogP contribution in [-0.2, 0) is 9.53 Å². The molecule has 0 N–H and O–H groups in total. The van der Waals surface area contributed by atoms with Gasteiger partial charge in [0.25, 0.3) is 5.91 Å². The van der Waals surface area contributed by atoms with Gasteiger partial charge in [-0.3, -0.25) is 9.69 Å². The molecule has 2 saturated heterocycles. The maximum Gasteiger partial charge on any atom is 0.266 e. The molecule has 34 heavy (non-hydrogen) atoms. The first-order valence-electron chi connectivity index (χ1n) is 11.5. The van der Waals surface area contributed by atoms with Gasteiger partial charge in [-0.2, -0.15) is 0 Å². The molecule has 0 spiro atoms. The Morgan fingerprint density at radius 1 is 0.912 bits per heavy atom. The Morgan fingerprint density at radius 3 is 2.12 bits per heavy atom. The van der Waals surface area contributed by atoms with Gasteiger partial charge in [0.15, 0.2) is 0 Å². The third-order valence-corrected chi connectivity index (χ3v) is 6.59. The number of benzene rings is 2. The van der Waals surface area contributed by atoms with E-state index in [1.54, 1.807) is 27.4 Å². The van der Waals surface area contributed by atoms with Crippen molar-refractivity contribution in [2.75, 3.05) is 54.2 Å². The number of nitrogens with zero attached hydrogens (tertiary/aromatic N) is 2. The lowest BCUT2D eigenvalue weighted by molar-refractivity contribution is -0.168. The zero-order valence-electron chi connectivity index (χ0n) is 20.6. The third-order valence-electron chi connectivity index (χ3n) is 6.59. The highest BCUT2D eigenvalue weighted by Gasteiger charge is 2.52. The van der Waals surface area contributed by atoms with Crippen LogP contribution in [-0.4, -0.2) is 81.5 Å². The highest BCUT2D eigenvalue weighted by atomic mass is 16.5. The standard InChI is InChI=1S/C26H34N2O6/c1-26(2,27-9-11-33-12-10-27)17-28-23(18-13-21(31-4)16-22(14-18)32-5)24(25(28)29)34-20-8-6-7-19(15-20)30-3/h6-8,13-16,23-24H,9-12,17H2,1-5H3/t23-,24-/m1/s1. The second-order valence-electron chi connectivity index (χ2n) is 9.19. The Bertz CT molecular complexity index is 982. The van der Waals surface area contributed by atoms with Gasteiger partial charge in [-0.15, -0.1) is 0 Å². The van der Waals surface area contributed by atoms with E-state index in [1.165, 1.54) is 0 Å². The van der Waals surface area contributed by atoms with Gasteiger partial charge in [0, 0.05) is 37.3 Å². The Balaban J connectivity index is 1.64. The summed E-state index contributed by atoms with van der Waals surface area (Å²) in [5, 5.41) is 0. The number of hydrogen-bond acceptors (Lipinski definition) is 7. The SMILES string of the molecule is COc1cccc(O[C@H]2C(=O)N(CC(C)(C)N3CCOCC3)[C@@H]2c2cc(OC)cc(OC)c2)c1. The Hall–Kier alpha value is -2.97. The number of likely N-dealkylation sites (tertiary alicyclic amines) is 1. The fraction of sp³-hybridized carbons (Fsp3) is 0.500. The molecule has 2 aromatic rings. The minimum atomic E-state index is -0.663. The highest BCUT2D eigenvalue weighted by Crippen LogP contribution is 2.42. The molecule has 2 aliphatic rings. The van der Waals surface area contributed by atoms with Gasteiger partial charge in [0.2, 0.25) is 6.10 Å². The maximum absolute atomic E-state index is 13.4. The average Bonchev–Trinajstić information content (AvgIpc) is 2.87. The van der Waals surface area contributed by atoms with Gasteiger partial charge in [0.05, 0.1) is 34.5 Å². The zero-order valence-corrected chi connectivity index (χ0v) is 20.6. The Kier molecular flexibility index (Phi) is 7.19. The number of morpholine rings is 1. The van der Waals surface area contributed by atoms with E-state index in [2.05, 4.69) is 18.7 Å². The Morgan fingerprint density at radius 2 is 1.50 bits per heavy atom. The Labute approximate surface area is 201 Å². The maximum atomic E-state index is 13.4. The molecule has 8 nitrogen and oxygen atoms in total. The molecule has 0 aliphatic carbocycles. The van der Waals surface area contributed by atoms with E-state index in [4.69, 9.17) is 23.7 Å². The van der Waals surface area contributed by atoms with Gasteiger partial charge in [-0.1, -0.05) is 6.07 Å². The first kappa shape index (κ1) is 24.2. The lowest BCUT2D eigenvalue weighted by Gasteiger charge is -2.52. The molecule has 0 bridgehead atoms. The summed E-state index contributed by atoms with van der Waals surface area (Å²) < 4.78 is 28.1. The lowest BCUT2D eigenvalue weighted by atomic mass is 9.87. The second-order valence-corrected chi connectivity index (χ2v) is 9.19. The summed E-state index contributed by atoms with van der Waals surface area (Å²) in [5.74, 6) is 2.55. The average molecular weight is 471 g/mol. The molecule has 0 saturated carbocycles. The predicted octanol–water partition coefficient (Wildman–Crippen LogP) is 3.15. The topological polar surface area (TPSA) is 69.7 Å². The molecule has 0 unspecified atom stereocenters. The molecule has 8 heteroatoms. The fourth-order valence-corrected chi connectivity index (χ4v) is 4.67. The minimum Gasteiger partial charge on any atom is -0.497 e. The van der Waals surface area contributed by atoms with E-state index in [0.717, 1.165) is 18.7 Å². The van der Waals surface area contributed by atoms with Crippen molar-refractivity contribution in [3.05, 3.63) is 48.0 Å². The smallest absolute Gasteiger partial charge is 0.266 e. The van der Waals surface area contributed by atoms with Crippen molar-refractivity contribution in [2.24, 2.45) is 0 Å². The molecule has 2 heterocycles. The lowest BCUT2D eigenvalue weighted by Crippen LogP contribution is -2.66. The number of carbonyl (C=O) groups excluding carboxylic acids is 1. The van der Waals surface area contributed by atoms with E-state index in [9.17, 15) is 4.79 Å². The van der Waals surface area contributed by atoms with Crippen LogP contribution in [0.15, 0.2) is 42.5 Å².